The van der Waals surface area contributed by atoms with Crippen molar-refractivity contribution in [2.24, 2.45) is 0 Å². The van der Waals surface area contributed by atoms with E-state index < -0.39 is 0 Å². The Labute approximate surface area is 127 Å². The summed E-state index contributed by atoms with van der Waals surface area (Å²) >= 11 is 0. The van der Waals surface area contributed by atoms with Crippen molar-refractivity contribution >= 4 is 11.6 Å². The molecular formula is C16H26N4O. The van der Waals surface area contributed by atoms with Crippen LogP contribution in [0.2, 0.25) is 0 Å². The standard InChI is InChI=1S/C16H26N4O/c1-4-13-10-21-11(3)9-20(13)15-8-14(17-5-2)18-16(19-15)12-6-7-12/h8,11-13H,4-7,9-10H2,1-3H3,(H,17,18,19). The molecule has 2 heterocycles. The fourth-order valence-electron chi connectivity index (χ4n) is 2.86. The van der Waals surface area contributed by atoms with Gasteiger partial charge in [-0.25, -0.2) is 9.97 Å². The number of rotatable bonds is 5. The highest BCUT2D eigenvalue weighted by atomic mass is 16.5. The third kappa shape index (κ3) is 3.28. The van der Waals surface area contributed by atoms with E-state index in [2.05, 4.69) is 42.0 Å². The van der Waals surface area contributed by atoms with Crippen molar-refractivity contribution in [3.05, 3.63) is 11.9 Å². The van der Waals surface area contributed by atoms with Crippen molar-refractivity contribution in [1.82, 2.24) is 9.97 Å². The summed E-state index contributed by atoms with van der Waals surface area (Å²) in [5, 5.41) is 3.35. The summed E-state index contributed by atoms with van der Waals surface area (Å²) in [5.74, 6) is 3.60. The smallest absolute Gasteiger partial charge is 0.136 e. The predicted molar refractivity (Wildman–Crippen MR) is 85.0 cm³/mol. The second kappa shape index (κ2) is 6.18. The molecule has 5 nitrogen and oxygen atoms in total. The van der Waals surface area contributed by atoms with Crippen LogP contribution in [0.1, 0.15) is 51.8 Å². The van der Waals surface area contributed by atoms with Crippen molar-refractivity contribution in [1.29, 1.82) is 0 Å². The van der Waals surface area contributed by atoms with E-state index in [0.717, 1.165) is 43.6 Å². The summed E-state index contributed by atoms with van der Waals surface area (Å²) < 4.78 is 5.80. The first kappa shape index (κ1) is 14.6. The number of ether oxygens (including phenoxy) is 1. The molecular weight excluding hydrogens is 264 g/mol. The average Bonchev–Trinajstić information content (AvgIpc) is 3.32. The van der Waals surface area contributed by atoms with Crippen molar-refractivity contribution in [2.45, 2.75) is 58.1 Å². The predicted octanol–water partition coefficient (Wildman–Crippen LogP) is 2.79. The van der Waals surface area contributed by atoms with Crippen LogP contribution in [-0.4, -0.2) is 41.8 Å². The first-order chi connectivity index (χ1) is 10.2. The van der Waals surface area contributed by atoms with Gasteiger partial charge in [0.2, 0.25) is 0 Å². The summed E-state index contributed by atoms with van der Waals surface area (Å²) in [5.41, 5.74) is 0. The van der Waals surface area contributed by atoms with E-state index >= 15 is 0 Å². The van der Waals surface area contributed by atoms with Crippen LogP contribution in [0.3, 0.4) is 0 Å². The normalized spacial score (nSPS) is 26.0. The van der Waals surface area contributed by atoms with Gasteiger partial charge in [-0.15, -0.1) is 0 Å². The molecule has 1 aromatic rings. The highest BCUT2D eigenvalue weighted by Gasteiger charge is 2.31. The Bertz CT molecular complexity index is 489. The summed E-state index contributed by atoms with van der Waals surface area (Å²) in [6.45, 7) is 9.03. The number of nitrogens with one attached hydrogen (secondary N) is 1. The fourth-order valence-corrected chi connectivity index (χ4v) is 2.86. The van der Waals surface area contributed by atoms with Gasteiger partial charge in [0.25, 0.3) is 0 Å². The minimum absolute atomic E-state index is 0.259. The van der Waals surface area contributed by atoms with Crippen LogP contribution in [0, 0.1) is 0 Å². The Morgan fingerprint density at radius 3 is 2.81 bits per heavy atom. The number of hydrogen-bond acceptors (Lipinski definition) is 5. The van der Waals surface area contributed by atoms with E-state index in [1.54, 1.807) is 0 Å². The van der Waals surface area contributed by atoms with Gasteiger partial charge in [0, 0.05) is 25.1 Å². The van der Waals surface area contributed by atoms with Crippen molar-refractivity contribution in [2.75, 3.05) is 29.9 Å². The van der Waals surface area contributed by atoms with Gasteiger partial charge in [0.1, 0.15) is 17.5 Å². The van der Waals surface area contributed by atoms with Crippen molar-refractivity contribution < 1.29 is 4.74 Å². The van der Waals surface area contributed by atoms with E-state index in [4.69, 9.17) is 9.72 Å². The van der Waals surface area contributed by atoms with Gasteiger partial charge in [-0.3, -0.25) is 0 Å². The first-order valence-corrected chi connectivity index (χ1v) is 8.22. The molecule has 0 bridgehead atoms. The summed E-state index contributed by atoms with van der Waals surface area (Å²) in [6, 6.07) is 2.51. The van der Waals surface area contributed by atoms with E-state index in [9.17, 15) is 0 Å². The molecule has 2 unspecified atom stereocenters. The molecule has 1 aliphatic heterocycles. The highest BCUT2D eigenvalue weighted by Crippen LogP contribution is 2.39. The largest absolute Gasteiger partial charge is 0.375 e. The topological polar surface area (TPSA) is 50.3 Å². The van der Waals surface area contributed by atoms with Crippen LogP contribution in [-0.2, 0) is 4.74 Å². The maximum Gasteiger partial charge on any atom is 0.136 e. The fraction of sp³-hybridized carbons (Fsp3) is 0.750. The van der Waals surface area contributed by atoms with E-state index in [-0.39, 0.29) is 6.10 Å². The molecule has 2 fully saturated rings. The summed E-state index contributed by atoms with van der Waals surface area (Å²) in [7, 11) is 0. The Hall–Kier alpha value is -1.36. The molecule has 3 rings (SSSR count). The maximum absolute atomic E-state index is 5.80. The third-order valence-electron chi connectivity index (χ3n) is 4.26. The molecule has 2 aliphatic rings. The minimum Gasteiger partial charge on any atom is -0.375 e. The van der Waals surface area contributed by atoms with Crippen LogP contribution in [0.15, 0.2) is 6.07 Å². The molecule has 1 aliphatic carbocycles. The van der Waals surface area contributed by atoms with Gasteiger partial charge in [-0.1, -0.05) is 6.92 Å². The second-order valence-corrected chi connectivity index (χ2v) is 6.13. The molecule has 5 heteroatoms. The summed E-state index contributed by atoms with van der Waals surface area (Å²) in [4.78, 5) is 11.9. The molecule has 1 aromatic heterocycles. The van der Waals surface area contributed by atoms with Gasteiger partial charge in [0.05, 0.1) is 18.8 Å². The lowest BCUT2D eigenvalue weighted by molar-refractivity contribution is 0.0296. The number of aromatic nitrogens is 2. The molecule has 2 atom stereocenters. The van der Waals surface area contributed by atoms with Crippen LogP contribution in [0.5, 0.6) is 0 Å². The van der Waals surface area contributed by atoms with Gasteiger partial charge < -0.3 is 15.0 Å². The number of morpholine rings is 1. The molecule has 1 saturated heterocycles. The quantitative estimate of drug-likeness (QED) is 0.903. The number of hydrogen-bond donors (Lipinski definition) is 1. The van der Waals surface area contributed by atoms with Gasteiger partial charge >= 0.3 is 0 Å². The molecule has 1 saturated carbocycles. The second-order valence-electron chi connectivity index (χ2n) is 6.13. The first-order valence-electron chi connectivity index (χ1n) is 8.22. The Morgan fingerprint density at radius 2 is 2.14 bits per heavy atom. The zero-order valence-corrected chi connectivity index (χ0v) is 13.3. The molecule has 0 amide bonds. The minimum atomic E-state index is 0.259. The summed E-state index contributed by atoms with van der Waals surface area (Å²) in [6.07, 6.45) is 3.79. The lowest BCUT2D eigenvalue weighted by atomic mass is 10.1. The van der Waals surface area contributed by atoms with Gasteiger partial charge in [-0.05, 0) is 33.1 Å². The Morgan fingerprint density at radius 1 is 1.33 bits per heavy atom. The lowest BCUT2D eigenvalue weighted by Crippen LogP contribution is -2.49. The SMILES string of the molecule is CCNc1cc(N2CC(C)OCC2CC)nc(C2CC2)n1. The molecule has 0 aromatic carbocycles. The Kier molecular flexibility index (Phi) is 4.29. The van der Waals surface area contributed by atoms with Crippen LogP contribution in [0.4, 0.5) is 11.6 Å². The average molecular weight is 290 g/mol. The zero-order chi connectivity index (χ0) is 14.8. The van der Waals surface area contributed by atoms with Gasteiger partial charge in [0.15, 0.2) is 0 Å². The van der Waals surface area contributed by atoms with Crippen LogP contribution >= 0.6 is 0 Å². The highest BCUT2D eigenvalue weighted by molar-refractivity contribution is 5.51. The van der Waals surface area contributed by atoms with Crippen LogP contribution < -0.4 is 10.2 Å². The van der Waals surface area contributed by atoms with Crippen LogP contribution in [0.25, 0.3) is 0 Å². The molecule has 116 valence electrons. The van der Waals surface area contributed by atoms with Crippen molar-refractivity contribution in [3.8, 4) is 0 Å². The number of nitrogens with zero attached hydrogens (tertiary/aromatic N) is 3. The van der Waals surface area contributed by atoms with E-state index in [1.165, 1.54) is 12.8 Å². The lowest BCUT2D eigenvalue weighted by Gasteiger charge is -2.39. The Balaban J connectivity index is 1.90. The number of anilines is 2. The van der Waals surface area contributed by atoms with Crippen molar-refractivity contribution in [3.63, 3.8) is 0 Å². The van der Waals surface area contributed by atoms with E-state index in [0.29, 0.717) is 12.0 Å². The third-order valence-corrected chi connectivity index (χ3v) is 4.26. The molecule has 0 spiro atoms. The molecule has 21 heavy (non-hydrogen) atoms. The zero-order valence-electron chi connectivity index (χ0n) is 13.3. The van der Waals surface area contributed by atoms with E-state index in [1.807, 2.05) is 0 Å². The maximum atomic E-state index is 5.80. The molecule has 0 radical (unpaired) electrons. The van der Waals surface area contributed by atoms with Gasteiger partial charge in [-0.2, -0.15) is 0 Å². The monoisotopic (exact) mass is 290 g/mol. The molecule has 1 N–H and O–H groups in total.